The highest BCUT2D eigenvalue weighted by atomic mass is 16.2. The van der Waals surface area contributed by atoms with Crippen LogP contribution in [-0.4, -0.2) is 16.8 Å². The fraction of sp³-hybridized carbons (Fsp3) is 0.350. The van der Waals surface area contributed by atoms with E-state index in [0.717, 1.165) is 5.56 Å². The fourth-order valence-electron chi connectivity index (χ4n) is 2.55. The third-order valence-electron chi connectivity index (χ3n) is 4.04. The summed E-state index contributed by atoms with van der Waals surface area (Å²) in [4.78, 5) is 28.3. The van der Waals surface area contributed by atoms with Gasteiger partial charge >= 0.3 is 11.8 Å². The lowest BCUT2D eigenvalue weighted by Crippen LogP contribution is -2.39. The predicted molar refractivity (Wildman–Crippen MR) is 99.1 cm³/mol. The molecule has 5 nitrogen and oxygen atoms in total. The third kappa shape index (κ3) is 5.14. The standard InChI is InChI=1S/C20H25N3O2/c1-13(2)15-7-9-16(10-8-15)18(14(3)4)23-20(25)19(24)22-17-6-5-11-21-12-17/h5-14,18H,1-4H3,(H,22,24)(H,23,25). The van der Waals surface area contributed by atoms with Gasteiger partial charge in [0.05, 0.1) is 17.9 Å². The van der Waals surface area contributed by atoms with E-state index in [9.17, 15) is 9.59 Å². The zero-order valence-corrected chi connectivity index (χ0v) is 15.1. The second kappa shape index (κ2) is 8.42. The van der Waals surface area contributed by atoms with E-state index >= 15 is 0 Å². The molecule has 132 valence electrons. The lowest BCUT2D eigenvalue weighted by Gasteiger charge is -2.23. The Morgan fingerprint density at radius 1 is 0.920 bits per heavy atom. The first-order valence-corrected chi connectivity index (χ1v) is 8.50. The van der Waals surface area contributed by atoms with Crippen LogP contribution in [0.3, 0.4) is 0 Å². The van der Waals surface area contributed by atoms with Gasteiger partial charge in [-0.3, -0.25) is 14.6 Å². The van der Waals surface area contributed by atoms with Crippen LogP contribution in [0.5, 0.6) is 0 Å². The number of pyridine rings is 1. The van der Waals surface area contributed by atoms with Crippen LogP contribution in [0.25, 0.3) is 0 Å². The molecule has 2 amide bonds. The maximum atomic E-state index is 12.3. The van der Waals surface area contributed by atoms with Crippen LogP contribution in [0.2, 0.25) is 0 Å². The highest BCUT2D eigenvalue weighted by Crippen LogP contribution is 2.24. The van der Waals surface area contributed by atoms with Gasteiger partial charge < -0.3 is 10.6 Å². The molecule has 0 aliphatic heterocycles. The molecule has 5 heteroatoms. The van der Waals surface area contributed by atoms with E-state index in [1.165, 1.54) is 11.8 Å². The Bertz CT molecular complexity index is 709. The van der Waals surface area contributed by atoms with Crippen LogP contribution in [0.15, 0.2) is 48.8 Å². The smallest absolute Gasteiger partial charge is 0.313 e. The van der Waals surface area contributed by atoms with Crippen molar-refractivity contribution in [3.63, 3.8) is 0 Å². The molecule has 0 radical (unpaired) electrons. The number of nitrogens with one attached hydrogen (secondary N) is 2. The molecular formula is C20H25N3O2. The summed E-state index contributed by atoms with van der Waals surface area (Å²) in [5.74, 6) is -0.751. The van der Waals surface area contributed by atoms with Crippen molar-refractivity contribution in [3.05, 3.63) is 59.9 Å². The second-order valence-electron chi connectivity index (χ2n) is 6.71. The van der Waals surface area contributed by atoms with Gasteiger partial charge in [-0.1, -0.05) is 52.0 Å². The molecule has 2 N–H and O–H groups in total. The Hall–Kier alpha value is -2.69. The van der Waals surface area contributed by atoms with Crippen LogP contribution in [0.1, 0.15) is 50.8 Å². The van der Waals surface area contributed by atoms with Crippen molar-refractivity contribution >= 4 is 17.5 Å². The minimum absolute atomic E-state index is 0.153. The maximum Gasteiger partial charge on any atom is 0.313 e. The van der Waals surface area contributed by atoms with Crippen molar-refractivity contribution in [3.8, 4) is 0 Å². The molecule has 1 unspecified atom stereocenters. The maximum absolute atomic E-state index is 12.3. The molecule has 1 aromatic heterocycles. The monoisotopic (exact) mass is 339 g/mol. The summed E-state index contributed by atoms with van der Waals surface area (Å²) in [6.45, 7) is 8.31. The highest BCUT2D eigenvalue weighted by molar-refractivity contribution is 6.39. The minimum Gasteiger partial charge on any atom is -0.341 e. The Balaban J connectivity index is 2.07. The molecule has 0 saturated heterocycles. The predicted octanol–water partition coefficient (Wildman–Crippen LogP) is 3.66. The number of aromatic nitrogens is 1. The third-order valence-corrected chi connectivity index (χ3v) is 4.04. The van der Waals surface area contributed by atoms with Crippen molar-refractivity contribution in [1.82, 2.24) is 10.3 Å². The summed E-state index contributed by atoms with van der Waals surface area (Å²) in [6.07, 6.45) is 3.10. The van der Waals surface area contributed by atoms with Crippen molar-refractivity contribution in [2.45, 2.75) is 39.7 Å². The van der Waals surface area contributed by atoms with Gasteiger partial charge in [0.15, 0.2) is 0 Å². The lowest BCUT2D eigenvalue weighted by atomic mass is 9.93. The molecule has 0 saturated carbocycles. The Morgan fingerprint density at radius 2 is 1.56 bits per heavy atom. The Morgan fingerprint density at radius 3 is 2.08 bits per heavy atom. The molecule has 0 aliphatic carbocycles. The van der Waals surface area contributed by atoms with E-state index in [1.54, 1.807) is 18.3 Å². The number of hydrogen-bond donors (Lipinski definition) is 2. The van der Waals surface area contributed by atoms with Crippen molar-refractivity contribution in [2.75, 3.05) is 5.32 Å². The average Bonchev–Trinajstić information content (AvgIpc) is 2.60. The summed E-state index contributed by atoms with van der Waals surface area (Å²) in [7, 11) is 0. The van der Waals surface area contributed by atoms with Crippen LogP contribution in [0, 0.1) is 5.92 Å². The molecule has 1 heterocycles. The van der Waals surface area contributed by atoms with Crippen molar-refractivity contribution in [2.24, 2.45) is 5.92 Å². The van der Waals surface area contributed by atoms with Crippen LogP contribution in [0.4, 0.5) is 5.69 Å². The first-order valence-electron chi connectivity index (χ1n) is 8.50. The van der Waals surface area contributed by atoms with Gasteiger partial charge in [0.2, 0.25) is 0 Å². The number of benzene rings is 1. The summed E-state index contributed by atoms with van der Waals surface area (Å²) in [6, 6.07) is 11.3. The lowest BCUT2D eigenvalue weighted by molar-refractivity contribution is -0.136. The zero-order valence-electron chi connectivity index (χ0n) is 15.1. The molecule has 0 spiro atoms. The number of anilines is 1. The van der Waals surface area contributed by atoms with E-state index in [1.807, 2.05) is 26.0 Å². The number of carbonyl (C=O) groups is 2. The summed E-state index contributed by atoms with van der Waals surface area (Å²) >= 11 is 0. The van der Waals surface area contributed by atoms with Crippen LogP contribution >= 0.6 is 0 Å². The number of rotatable bonds is 5. The summed E-state index contributed by atoms with van der Waals surface area (Å²) < 4.78 is 0. The summed E-state index contributed by atoms with van der Waals surface area (Å²) in [5.41, 5.74) is 2.72. The largest absolute Gasteiger partial charge is 0.341 e. The van der Waals surface area contributed by atoms with E-state index in [2.05, 4.69) is 41.6 Å². The first-order chi connectivity index (χ1) is 11.9. The van der Waals surface area contributed by atoms with Gasteiger partial charge in [0.1, 0.15) is 0 Å². The SMILES string of the molecule is CC(C)c1ccc(C(NC(=O)C(=O)Nc2cccnc2)C(C)C)cc1. The number of amides is 2. The molecule has 2 rings (SSSR count). The normalized spacial score (nSPS) is 12.1. The van der Waals surface area contributed by atoms with E-state index in [4.69, 9.17) is 0 Å². The molecule has 1 atom stereocenters. The Labute approximate surface area is 148 Å². The number of hydrogen-bond acceptors (Lipinski definition) is 3. The minimum atomic E-state index is -0.697. The Kier molecular flexibility index (Phi) is 6.28. The molecule has 0 aliphatic rings. The molecule has 2 aromatic rings. The molecule has 25 heavy (non-hydrogen) atoms. The molecule has 0 bridgehead atoms. The quantitative estimate of drug-likeness (QED) is 0.817. The van der Waals surface area contributed by atoms with E-state index < -0.39 is 11.8 Å². The van der Waals surface area contributed by atoms with Gasteiger partial charge in [0.25, 0.3) is 0 Å². The second-order valence-corrected chi connectivity index (χ2v) is 6.71. The van der Waals surface area contributed by atoms with E-state index in [0.29, 0.717) is 11.6 Å². The summed E-state index contributed by atoms with van der Waals surface area (Å²) in [5, 5.41) is 5.38. The fourth-order valence-corrected chi connectivity index (χ4v) is 2.55. The highest BCUT2D eigenvalue weighted by Gasteiger charge is 2.22. The van der Waals surface area contributed by atoms with Gasteiger partial charge in [-0.2, -0.15) is 0 Å². The van der Waals surface area contributed by atoms with Crippen molar-refractivity contribution in [1.29, 1.82) is 0 Å². The molecular weight excluding hydrogens is 314 g/mol. The van der Waals surface area contributed by atoms with Gasteiger partial charge in [-0.15, -0.1) is 0 Å². The van der Waals surface area contributed by atoms with Gasteiger partial charge in [-0.25, -0.2) is 0 Å². The number of carbonyl (C=O) groups excluding carboxylic acids is 2. The number of nitrogens with zero attached hydrogens (tertiary/aromatic N) is 1. The van der Waals surface area contributed by atoms with E-state index in [-0.39, 0.29) is 12.0 Å². The van der Waals surface area contributed by atoms with Gasteiger partial charge in [-0.05, 0) is 35.1 Å². The van der Waals surface area contributed by atoms with Crippen LogP contribution in [-0.2, 0) is 9.59 Å². The molecule has 1 aromatic carbocycles. The topological polar surface area (TPSA) is 71.1 Å². The van der Waals surface area contributed by atoms with Gasteiger partial charge in [0, 0.05) is 6.20 Å². The zero-order chi connectivity index (χ0) is 18.4. The van der Waals surface area contributed by atoms with Crippen LogP contribution < -0.4 is 10.6 Å². The first kappa shape index (κ1) is 18.6. The molecule has 0 fully saturated rings. The average molecular weight is 339 g/mol. The van der Waals surface area contributed by atoms with Crippen molar-refractivity contribution < 1.29 is 9.59 Å².